The van der Waals surface area contributed by atoms with Crippen molar-refractivity contribution in [2.45, 2.75) is 26.8 Å². The van der Waals surface area contributed by atoms with Gasteiger partial charge >= 0.3 is 0 Å². The normalized spacial score (nSPS) is 16.5. The van der Waals surface area contributed by atoms with E-state index in [-0.39, 0.29) is 5.91 Å². The van der Waals surface area contributed by atoms with E-state index in [4.69, 9.17) is 0 Å². The minimum atomic E-state index is 0.135. The second kappa shape index (κ2) is 6.80. The van der Waals surface area contributed by atoms with Crippen LogP contribution in [0.25, 0.3) is 0 Å². The first kappa shape index (κ1) is 16.1. The number of anilines is 1. The number of carbonyl (C=O) groups is 1. The van der Waals surface area contributed by atoms with Gasteiger partial charge in [0.15, 0.2) is 0 Å². The lowest BCUT2D eigenvalue weighted by molar-refractivity contribution is -0.121. The summed E-state index contributed by atoms with van der Waals surface area (Å²) in [6, 6.07) is 0. The Morgan fingerprint density at radius 3 is 2.78 bits per heavy atom. The quantitative estimate of drug-likeness (QED) is 0.839. The molecule has 2 aromatic rings. The highest BCUT2D eigenvalue weighted by molar-refractivity contribution is 7.11. The van der Waals surface area contributed by atoms with Crippen molar-refractivity contribution in [3.63, 3.8) is 0 Å². The van der Waals surface area contributed by atoms with Gasteiger partial charge in [-0.2, -0.15) is 5.10 Å². The zero-order chi connectivity index (χ0) is 16.4. The number of aryl methyl sites for hydroxylation is 1. The molecule has 0 atom stereocenters. The van der Waals surface area contributed by atoms with Gasteiger partial charge in [0.25, 0.3) is 0 Å². The van der Waals surface area contributed by atoms with Crippen molar-refractivity contribution in [3.8, 4) is 0 Å². The molecule has 0 saturated carbocycles. The largest absolute Gasteiger partial charge is 0.307 e. The van der Waals surface area contributed by atoms with Crippen molar-refractivity contribution in [3.05, 3.63) is 28.5 Å². The Kier molecular flexibility index (Phi) is 4.77. The first-order valence-corrected chi connectivity index (χ1v) is 8.78. The molecule has 1 amide bonds. The number of rotatable bonds is 5. The first-order valence-electron chi connectivity index (χ1n) is 7.96. The van der Waals surface area contributed by atoms with Gasteiger partial charge in [-0.15, -0.1) is 11.3 Å². The molecule has 2 aromatic heterocycles. The Hall–Kier alpha value is -1.73. The van der Waals surface area contributed by atoms with E-state index in [2.05, 4.69) is 28.8 Å². The molecular formula is C16H23N5OS. The molecule has 7 heteroatoms. The van der Waals surface area contributed by atoms with Crippen molar-refractivity contribution in [1.29, 1.82) is 0 Å². The molecule has 1 aliphatic rings. The summed E-state index contributed by atoms with van der Waals surface area (Å²) in [5.41, 5.74) is 0.883. The molecule has 1 aliphatic heterocycles. The zero-order valence-electron chi connectivity index (χ0n) is 13.9. The Bertz CT molecular complexity index is 678. The Labute approximate surface area is 140 Å². The maximum Gasteiger partial charge on any atom is 0.241 e. The monoisotopic (exact) mass is 333 g/mol. The van der Waals surface area contributed by atoms with Crippen LogP contribution in [0, 0.1) is 5.92 Å². The number of carbonyl (C=O) groups excluding carboxylic acids is 1. The summed E-state index contributed by atoms with van der Waals surface area (Å²) in [6.07, 6.45) is 6.61. The SMILES string of the molecule is CC(C)Cc1ncc(CN2CCN(c3cnn(C)c3)C(=O)C2)s1. The third kappa shape index (κ3) is 3.97. The summed E-state index contributed by atoms with van der Waals surface area (Å²) in [5, 5.41) is 5.33. The molecule has 1 saturated heterocycles. The number of aromatic nitrogens is 3. The molecule has 0 aliphatic carbocycles. The summed E-state index contributed by atoms with van der Waals surface area (Å²) in [6.45, 7) is 7.25. The van der Waals surface area contributed by atoms with Crippen molar-refractivity contribution in [2.24, 2.45) is 13.0 Å². The lowest BCUT2D eigenvalue weighted by Crippen LogP contribution is -2.49. The number of hydrogen-bond acceptors (Lipinski definition) is 5. The Morgan fingerprint density at radius 1 is 1.30 bits per heavy atom. The second-order valence-corrected chi connectivity index (χ2v) is 7.65. The molecule has 124 valence electrons. The van der Waals surface area contributed by atoms with E-state index in [1.807, 2.05) is 24.3 Å². The topological polar surface area (TPSA) is 54.3 Å². The number of hydrogen-bond donors (Lipinski definition) is 0. The van der Waals surface area contributed by atoms with Gasteiger partial charge in [0, 0.05) is 50.4 Å². The van der Waals surface area contributed by atoms with Crippen molar-refractivity contribution >= 4 is 22.9 Å². The van der Waals surface area contributed by atoms with Crippen molar-refractivity contribution in [1.82, 2.24) is 19.7 Å². The molecule has 6 nitrogen and oxygen atoms in total. The molecule has 0 spiro atoms. The summed E-state index contributed by atoms with van der Waals surface area (Å²) < 4.78 is 1.72. The molecule has 0 bridgehead atoms. The van der Waals surface area contributed by atoms with Crippen LogP contribution < -0.4 is 4.90 Å². The molecule has 0 unspecified atom stereocenters. The van der Waals surface area contributed by atoms with Crippen LogP contribution in [-0.2, 0) is 24.8 Å². The van der Waals surface area contributed by atoms with Crippen LogP contribution in [0.1, 0.15) is 23.7 Å². The van der Waals surface area contributed by atoms with E-state index in [9.17, 15) is 4.79 Å². The van der Waals surface area contributed by atoms with E-state index in [0.29, 0.717) is 19.0 Å². The fourth-order valence-electron chi connectivity index (χ4n) is 2.76. The molecule has 1 fully saturated rings. The maximum atomic E-state index is 12.4. The molecule has 3 rings (SSSR count). The smallest absolute Gasteiger partial charge is 0.241 e. The van der Waals surface area contributed by atoms with Crippen LogP contribution in [0.4, 0.5) is 5.69 Å². The molecule has 0 radical (unpaired) electrons. The summed E-state index contributed by atoms with van der Waals surface area (Å²) in [7, 11) is 1.86. The number of piperazine rings is 1. The fourth-order valence-corrected chi connectivity index (χ4v) is 3.94. The van der Waals surface area contributed by atoms with Gasteiger partial charge in [-0.05, 0) is 5.92 Å². The van der Waals surface area contributed by atoms with Gasteiger partial charge in [0.1, 0.15) is 0 Å². The summed E-state index contributed by atoms with van der Waals surface area (Å²) in [5.74, 6) is 0.759. The predicted octanol–water partition coefficient (Wildman–Crippen LogP) is 1.92. The van der Waals surface area contributed by atoms with Gasteiger partial charge in [0.2, 0.25) is 5.91 Å². The van der Waals surface area contributed by atoms with Crippen LogP contribution in [0.15, 0.2) is 18.6 Å². The third-order valence-electron chi connectivity index (χ3n) is 3.87. The Balaban J connectivity index is 1.57. The molecule has 23 heavy (non-hydrogen) atoms. The van der Waals surface area contributed by atoms with Crippen LogP contribution in [0.3, 0.4) is 0 Å². The van der Waals surface area contributed by atoms with Crippen molar-refractivity contribution in [2.75, 3.05) is 24.5 Å². The van der Waals surface area contributed by atoms with Gasteiger partial charge in [-0.25, -0.2) is 4.98 Å². The average molecular weight is 333 g/mol. The Morgan fingerprint density at radius 2 is 2.13 bits per heavy atom. The van der Waals surface area contributed by atoms with Crippen LogP contribution in [-0.4, -0.2) is 45.2 Å². The minimum absolute atomic E-state index is 0.135. The highest BCUT2D eigenvalue weighted by Crippen LogP contribution is 2.21. The van der Waals surface area contributed by atoms with Crippen LogP contribution >= 0.6 is 11.3 Å². The van der Waals surface area contributed by atoms with Gasteiger partial charge in [-0.3, -0.25) is 14.4 Å². The van der Waals surface area contributed by atoms with E-state index in [0.717, 1.165) is 25.2 Å². The van der Waals surface area contributed by atoms with Gasteiger partial charge in [-0.1, -0.05) is 13.8 Å². The zero-order valence-corrected chi connectivity index (χ0v) is 14.7. The molecule has 0 N–H and O–H groups in total. The second-order valence-electron chi connectivity index (χ2n) is 6.45. The fraction of sp³-hybridized carbons (Fsp3) is 0.562. The average Bonchev–Trinajstić information content (AvgIpc) is 3.08. The molecule has 0 aromatic carbocycles. The van der Waals surface area contributed by atoms with E-state index < -0.39 is 0 Å². The van der Waals surface area contributed by atoms with E-state index >= 15 is 0 Å². The molecular weight excluding hydrogens is 310 g/mol. The highest BCUT2D eigenvalue weighted by Gasteiger charge is 2.26. The van der Waals surface area contributed by atoms with Crippen LogP contribution in [0.2, 0.25) is 0 Å². The number of amides is 1. The lowest BCUT2D eigenvalue weighted by atomic mass is 10.1. The summed E-state index contributed by atoms with van der Waals surface area (Å²) >= 11 is 1.77. The lowest BCUT2D eigenvalue weighted by Gasteiger charge is -2.33. The predicted molar refractivity (Wildman–Crippen MR) is 91.5 cm³/mol. The minimum Gasteiger partial charge on any atom is -0.307 e. The van der Waals surface area contributed by atoms with Gasteiger partial charge in [0.05, 0.1) is 23.4 Å². The van der Waals surface area contributed by atoms with Gasteiger partial charge < -0.3 is 4.90 Å². The highest BCUT2D eigenvalue weighted by atomic mass is 32.1. The van der Waals surface area contributed by atoms with E-state index in [1.54, 1.807) is 22.2 Å². The number of nitrogens with zero attached hydrogens (tertiary/aromatic N) is 5. The first-order chi connectivity index (χ1) is 11.0. The molecule has 3 heterocycles. The van der Waals surface area contributed by atoms with Crippen molar-refractivity contribution < 1.29 is 4.79 Å². The standard InChI is InChI=1S/C16H23N5OS/c1-12(2)6-15-17-8-14(23-15)10-20-4-5-21(16(22)11-20)13-7-18-19(3)9-13/h7-9,12H,4-6,10-11H2,1-3H3. The third-order valence-corrected chi connectivity index (χ3v) is 4.87. The van der Waals surface area contributed by atoms with Crippen LogP contribution in [0.5, 0.6) is 0 Å². The summed E-state index contributed by atoms with van der Waals surface area (Å²) in [4.78, 5) is 22.1. The number of thiazole rings is 1. The van der Waals surface area contributed by atoms with E-state index in [1.165, 1.54) is 9.88 Å². The maximum absolute atomic E-state index is 12.4.